The Balaban J connectivity index is 2.79. The zero-order chi connectivity index (χ0) is 11.5. The molecule has 0 saturated heterocycles. The second kappa shape index (κ2) is 4.57. The van der Waals surface area contributed by atoms with Crippen LogP contribution in [0.1, 0.15) is 26.3 Å². The summed E-state index contributed by atoms with van der Waals surface area (Å²) in [5, 5.41) is 6.23. The molecule has 4 heteroatoms. The van der Waals surface area contributed by atoms with Gasteiger partial charge in [-0.05, 0) is 26.8 Å². The maximum absolute atomic E-state index is 13.0. The lowest BCUT2D eigenvalue weighted by Crippen LogP contribution is -2.35. The molecule has 3 nitrogen and oxygen atoms in total. The minimum Gasteiger partial charge on any atom is -0.373 e. The van der Waals surface area contributed by atoms with Crippen molar-refractivity contribution in [3.8, 4) is 0 Å². The third-order valence-electron chi connectivity index (χ3n) is 1.98. The first-order chi connectivity index (χ1) is 6.92. The standard InChI is InChI=1S/C11H18FN3/c1-11(2,3)15-6-8-5-9(12)7-14-10(8)13-4/h5,7,15H,6H2,1-4H3,(H,13,14). The van der Waals surface area contributed by atoms with Crippen molar-refractivity contribution in [3.63, 3.8) is 0 Å². The van der Waals surface area contributed by atoms with E-state index in [0.717, 1.165) is 5.56 Å². The number of nitrogens with one attached hydrogen (secondary N) is 2. The number of rotatable bonds is 3. The molecule has 0 bridgehead atoms. The maximum Gasteiger partial charge on any atom is 0.141 e. The molecular weight excluding hydrogens is 193 g/mol. The fourth-order valence-electron chi connectivity index (χ4n) is 1.20. The molecule has 0 amide bonds. The molecule has 0 aliphatic carbocycles. The van der Waals surface area contributed by atoms with Crippen LogP contribution in [0.2, 0.25) is 0 Å². The van der Waals surface area contributed by atoms with E-state index in [9.17, 15) is 4.39 Å². The van der Waals surface area contributed by atoms with E-state index < -0.39 is 0 Å². The molecule has 1 rings (SSSR count). The van der Waals surface area contributed by atoms with Gasteiger partial charge in [0, 0.05) is 24.7 Å². The van der Waals surface area contributed by atoms with Crippen LogP contribution in [0.15, 0.2) is 12.3 Å². The quantitative estimate of drug-likeness (QED) is 0.804. The van der Waals surface area contributed by atoms with Crippen molar-refractivity contribution >= 4 is 5.82 Å². The summed E-state index contributed by atoms with van der Waals surface area (Å²) in [6, 6.07) is 1.50. The highest BCUT2D eigenvalue weighted by molar-refractivity contribution is 5.43. The Bertz CT molecular complexity index is 331. The van der Waals surface area contributed by atoms with Crippen molar-refractivity contribution in [1.82, 2.24) is 10.3 Å². The van der Waals surface area contributed by atoms with Gasteiger partial charge in [-0.1, -0.05) is 0 Å². The Kier molecular flexibility index (Phi) is 3.63. The summed E-state index contributed by atoms with van der Waals surface area (Å²) in [6.45, 7) is 6.81. The summed E-state index contributed by atoms with van der Waals surface area (Å²) in [5.74, 6) is 0.410. The van der Waals surface area contributed by atoms with Crippen LogP contribution in [0.3, 0.4) is 0 Å². The van der Waals surface area contributed by atoms with Crippen molar-refractivity contribution in [3.05, 3.63) is 23.6 Å². The van der Waals surface area contributed by atoms with E-state index in [2.05, 4.69) is 36.4 Å². The molecule has 0 aliphatic rings. The van der Waals surface area contributed by atoms with Gasteiger partial charge < -0.3 is 10.6 Å². The van der Waals surface area contributed by atoms with Gasteiger partial charge in [0.2, 0.25) is 0 Å². The van der Waals surface area contributed by atoms with E-state index in [1.54, 1.807) is 7.05 Å². The predicted octanol–water partition coefficient (Wildman–Crippen LogP) is 2.15. The molecule has 0 aromatic carbocycles. The van der Waals surface area contributed by atoms with Gasteiger partial charge in [0.1, 0.15) is 11.6 Å². The monoisotopic (exact) mass is 211 g/mol. The molecule has 0 radical (unpaired) electrons. The summed E-state index contributed by atoms with van der Waals surface area (Å²) in [5.41, 5.74) is 0.851. The number of hydrogen-bond acceptors (Lipinski definition) is 3. The minimum absolute atomic E-state index is 0.0112. The van der Waals surface area contributed by atoms with Crippen LogP contribution in [0.5, 0.6) is 0 Å². The fourth-order valence-corrected chi connectivity index (χ4v) is 1.20. The highest BCUT2D eigenvalue weighted by Crippen LogP contribution is 2.13. The zero-order valence-electron chi connectivity index (χ0n) is 9.69. The molecule has 0 aliphatic heterocycles. The van der Waals surface area contributed by atoms with E-state index in [-0.39, 0.29) is 11.4 Å². The van der Waals surface area contributed by atoms with Crippen molar-refractivity contribution in [1.29, 1.82) is 0 Å². The number of anilines is 1. The van der Waals surface area contributed by atoms with E-state index in [1.165, 1.54) is 12.3 Å². The fraction of sp³-hybridized carbons (Fsp3) is 0.545. The summed E-state index contributed by atoms with van der Waals surface area (Å²) in [4.78, 5) is 3.97. The summed E-state index contributed by atoms with van der Waals surface area (Å²) < 4.78 is 13.0. The smallest absolute Gasteiger partial charge is 0.141 e. The first kappa shape index (κ1) is 11.9. The Morgan fingerprint density at radius 1 is 1.40 bits per heavy atom. The molecule has 0 fully saturated rings. The van der Waals surface area contributed by atoms with Crippen LogP contribution in [-0.2, 0) is 6.54 Å². The van der Waals surface area contributed by atoms with Gasteiger partial charge in [-0.15, -0.1) is 0 Å². The number of pyridine rings is 1. The Morgan fingerprint density at radius 3 is 2.60 bits per heavy atom. The Labute approximate surface area is 90.1 Å². The third-order valence-corrected chi connectivity index (χ3v) is 1.98. The molecular formula is C11H18FN3. The zero-order valence-corrected chi connectivity index (χ0v) is 9.69. The molecule has 0 spiro atoms. The van der Waals surface area contributed by atoms with Crippen molar-refractivity contribution in [2.75, 3.05) is 12.4 Å². The Morgan fingerprint density at radius 2 is 2.07 bits per heavy atom. The van der Waals surface area contributed by atoms with Crippen molar-refractivity contribution in [2.24, 2.45) is 0 Å². The molecule has 0 saturated carbocycles. The predicted molar refractivity (Wildman–Crippen MR) is 60.3 cm³/mol. The molecule has 1 aromatic rings. The lowest BCUT2D eigenvalue weighted by Gasteiger charge is -2.21. The van der Waals surface area contributed by atoms with E-state index in [4.69, 9.17) is 0 Å². The number of nitrogens with zero attached hydrogens (tertiary/aromatic N) is 1. The van der Waals surface area contributed by atoms with E-state index in [0.29, 0.717) is 12.4 Å². The normalized spacial score (nSPS) is 11.5. The lowest BCUT2D eigenvalue weighted by molar-refractivity contribution is 0.423. The van der Waals surface area contributed by atoms with Crippen LogP contribution < -0.4 is 10.6 Å². The van der Waals surface area contributed by atoms with Crippen molar-refractivity contribution < 1.29 is 4.39 Å². The average Bonchev–Trinajstić information content (AvgIpc) is 2.14. The van der Waals surface area contributed by atoms with Gasteiger partial charge >= 0.3 is 0 Å². The van der Waals surface area contributed by atoms with Crippen LogP contribution in [0.4, 0.5) is 10.2 Å². The summed E-state index contributed by atoms with van der Waals surface area (Å²) in [6.07, 6.45) is 1.21. The van der Waals surface area contributed by atoms with Crippen LogP contribution in [-0.4, -0.2) is 17.6 Å². The summed E-state index contributed by atoms with van der Waals surface area (Å²) in [7, 11) is 1.78. The molecule has 1 aromatic heterocycles. The van der Waals surface area contributed by atoms with Crippen LogP contribution in [0.25, 0.3) is 0 Å². The van der Waals surface area contributed by atoms with Crippen LogP contribution in [0, 0.1) is 5.82 Å². The van der Waals surface area contributed by atoms with Gasteiger partial charge in [0.25, 0.3) is 0 Å². The molecule has 84 valence electrons. The molecule has 0 atom stereocenters. The summed E-state index contributed by atoms with van der Waals surface area (Å²) >= 11 is 0. The third kappa shape index (κ3) is 3.83. The van der Waals surface area contributed by atoms with E-state index in [1.807, 2.05) is 0 Å². The van der Waals surface area contributed by atoms with Gasteiger partial charge in [-0.25, -0.2) is 9.37 Å². The van der Waals surface area contributed by atoms with Crippen LogP contribution >= 0.6 is 0 Å². The second-order valence-electron chi connectivity index (χ2n) is 4.51. The number of halogens is 1. The Hall–Kier alpha value is -1.16. The molecule has 0 unspecified atom stereocenters. The average molecular weight is 211 g/mol. The SMILES string of the molecule is CNc1ncc(F)cc1CNC(C)(C)C. The second-order valence-corrected chi connectivity index (χ2v) is 4.51. The molecule has 2 N–H and O–H groups in total. The topological polar surface area (TPSA) is 37.0 Å². The largest absolute Gasteiger partial charge is 0.373 e. The maximum atomic E-state index is 13.0. The van der Waals surface area contributed by atoms with Gasteiger partial charge in [-0.2, -0.15) is 0 Å². The minimum atomic E-state index is -0.306. The van der Waals surface area contributed by atoms with E-state index >= 15 is 0 Å². The molecule has 15 heavy (non-hydrogen) atoms. The van der Waals surface area contributed by atoms with Crippen molar-refractivity contribution in [2.45, 2.75) is 32.9 Å². The lowest BCUT2D eigenvalue weighted by atomic mass is 10.1. The first-order valence-corrected chi connectivity index (χ1v) is 4.99. The van der Waals surface area contributed by atoms with Gasteiger partial charge in [-0.3, -0.25) is 0 Å². The molecule has 1 heterocycles. The number of hydrogen-bond donors (Lipinski definition) is 2. The highest BCUT2D eigenvalue weighted by atomic mass is 19.1. The first-order valence-electron chi connectivity index (χ1n) is 4.99. The van der Waals surface area contributed by atoms with Gasteiger partial charge in [0.15, 0.2) is 0 Å². The number of aromatic nitrogens is 1. The highest BCUT2D eigenvalue weighted by Gasteiger charge is 2.11. The van der Waals surface area contributed by atoms with Gasteiger partial charge in [0.05, 0.1) is 6.20 Å².